The zero-order valence-corrected chi connectivity index (χ0v) is 11.1. The lowest BCUT2D eigenvalue weighted by Crippen LogP contribution is -2.07. The van der Waals surface area contributed by atoms with E-state index >= 15 is 0 Å². The molecule has 104 valence electrons. The number of rotatable bonds is 5. The summed E-state index contributed by atoms with van der Waals surface area (Å²) in [4.78, 5) is 19.3. The summed E-state index contributed by atoms with van der Waals surface area (Å²) in [6.45, 7) is 0. The van der Waals surface area contributed by atoms with E-state index in [1.54, 1.807) is 0 Å². The fourth-order valence-electron chi connectivity index (χ4n) is 1.37. The zero-order chi connectivity index (χ0) is 14.8. The molecular weight excluding hydrogens is 302 g/mol. The van der Waals surface area contributed by atoms with Crippen molar-refractivity contribution in [1.29, 1.82) is 0 Å². The van der Waals surface area contributed by atoms with Crippen LogP contribution in [0.25, 0.3) is 0 Å². The third kappa shape index (κ3) is 2.90. The number of nitro benzene ring substituents is 2. The molecule has 0 saturated carbocycles. The van der Waals surface area contributed by atoms with Crippen LogP contribution in [-0.2, 0) is 9.84 Å². The van der Waals surface area contributed by atoms with Gasteiger partial charge in [-0.1, -0.05) is 0 Å². The van der Waals surface area contributed by atoms with Crippen LogP contribution < -0.4 is 5.32 Å². The van der Waals surface area contributed by atoms with E-state index in [1.165, 1.54) is 7.05 Å². The van der Waals surface area contributed by atoms with Crippen LogP contribution >= 0.6 is 11.6 Å². The van der Waals surface area contributed by atoms with Crippen molar-refractivity contribution in [1.82, 2.24) is 0 Å². The Morgan fingerprint density at radius 2 is 1.63 bits per heavy atom. The second-order valence-corrected chi connectivity index (χ2v) is 5.90. The van der Waals surface area contributed by atoms with Gasteiger partial charge in [-0.05, 0) is 0 Å². The van der Waals surface area contributed by atoms with Crippen LogP contribution in [0.15, 0.2) is 17.0 Å². The molecule has 1 N–H and O–H groups in total. The Morgan fingerprint density at radius 3 is 1.89 bits per heavy atom. The van der Waals surface area contributed by atoms with E-state index in [-0.39, 0.29) is 5.69 Å². The molecule has 0 amide bonds. The molecule has 11 heteroatoms. The maximum absolute atomic E-state index is 11.6. The van der Waals surface area contributed by atoms with Gasteiger partial charge in [0.2, 0.25) is 0 Å². The first-order chi connectivity index (χ1) is 8.74. The van der Waals surface area contributed by atoms with E-state index in [0.717, 1.165) is 12.1 Å². The number of anilines is 1. The zero-order valence-electron chi connectivity index (χ0n) is 9.49. The Balaban J connectivity index is 3.74. The number of hydrogen-bond donors (Lipinski definition) is 1. The van der Waals surface area contributed by atoms with E-state index in [4.69, 9.17) is 11.6 Å². The SMILES string of the molecule is CNc1c([N+](=O)[O-])cc(S(=O)(=O)CCl)cc1[N+](=O)[O-]. The highest BCUT2D eigenvalue weighted by Gasteiger charge is 2.29. The molecule has 19 heavy (non-hydrogen) atoms. The van der Waals surface area contributed by atoms with Crippen LogP contribution in [0.5, 0.6) is 0 Å². The van der Waals surface area contributed by atoms with Gasteiger partial charge in [0.25, 0.3) is 0 Å². The number of sulfone groups is 1. The fourth-order valence-corrected chi connectivity index (χ4v) is 2.46. The summed E-state index contributed by atoms with van der Waals surface area (Å²) >= 11 is 5.22. The van der Waals surface area contributed by atoms with Crippen LogP contribution in [0.3, 0.4) is 0 Å². The molecule has 0 heterocycles. The van der Waals surface area contributed by atoms with Crippen LogP contribution in [0.4, 0.5) is 17.1 Å². The number of benzene rings is 1. The average Bonchev–Trinajstić information content (AvgIpc) is 2.36. The van der Waals surface area contributed by atoms with Crippen molar-refractivity contribution >= 4 is 38.5 Å². The molecule has 0 saturated heterocycles. The summed E-state index contributed by atoms with van der Waals surface area (Å²) in [7, 11) is -2.75. The predicted octanol–water partition coefficient (Wildman–Crippen LogP) is 1.51. The summed E-state index contributed by atoms with van der Waals surface area (Å²) in [6, 6.07) is 1.47. The Morgan fingerprint density at radius 1 is 1.21 bits per heavy atom. The van der Waals surface area contributed by atoms with Gasteiger partial charge >= 0.3 is 11.4 Å². The van der Waals surface area contributed by atoms with Gasteiger partial charge in [-0.25, -0.2) is 8.42 Å². The normalized spacial score (nSPS) is 11.1. The summed E-state index contributed by atoms with van der Waals surface area (Å²) in [5.41, 5.74) is -1.79. The van der Waals surface area contributed by atoms with E-state index in [1.807, 2.05) is 0 Å². The van der Waals surface area contributed by atoms with Gasteiger partial charge < -0.3 is 5.32 Å². The Labute approximate surface area is 112 Å². The van der Waals surface area contributed by atoms with E-state index < -0.39 is 41.2 Å². The second kappa shape index (κ2) is 5.36. The smallest absolute Gasteiger partial charge is 0.300 e. The van der Waals surface area contributed by atoms with Gasteiger partial charge in [-0.15, -0.1) is 11.6 Å². The summed E-state index contributed by atoms with van der Waals surface area (Å²) < 4.78 is 23.1. The Kier molecular flexibility index (Phi) is 4.27. The number of nitrogens with zero attached hydrogens (tertiary/aromatic N) is 2. The lowest BCUT2D eigenvalue weighted by atomic mass is 10.2. The molecule has 0 atom stereocenters. The lowest BCUT2D eigenvalue weighted by molar-refractivity contribution is -0.392. The van der Waals surface area contributed by atoms with Crippen molar-refractivity contribution in [2.24, 2.45) is 0 Å². The lowest BCUT2D eigenvalue weighted by Gasteiger charge is -2.06. The van der Waals surface area contributed by atoms with Crippen molar-refractivity contribution in [3.05, 3.63) is 32.4 Å². The van der Waals surface area contributed by atoms with Crippen LogP contribution in [-0.4, -0.2) is 30.5 Å². The number of nitro groups is 2. The van der Waals surface area contributed by atoms with Crippen molar-refractivity contribution < 1.29 is 18.3 Å². The van der Waals surface area contributed by atoms with Gasteiger partial charge in [0.05, 0.1) is 14.7 Å². The maximum atomic E-state index is 11.6. The number of halogens is 1. The van der Waals surface area contributed by atoms with E-state index in [0.29, 0.717) is 0 Å². The van der Waals surface area contributed by atoms with Crippen LogP contribution in [0, 0.1) is 20.2 Å². The first-order valence-corrected chi connectivity index (χ1v) is 6.86. The van der Waals surface area contributed by atoms with Gasteiger partial charge in [0.1, 0.15) is 5.21 Å². The molecule has 1 aromatic carbocycles. The molecule has 0 fully saturated rings. The van der Waals surface area contributed by atoms with Gasteiger partial charge in [0, 0.05) is 19.2 Å². The molecule has 0 aliphatic rings. The molecule has 0 radical (unpaired) electrons. The molecule has 0 bridgehead atoms. The number of nitrogens with one attached hydrogen (secondary N) is 1. The highest BCUT2D eigenvalue weighted by molar-refractivity contribution is 7.92. The number of hydrogen-bond acceptors (Lipinski definition) is 7. The maximum Gasteiger partial charge on any atom is 0.300 e. The van der Waals surface area contributed by atoms with Crippen molar-refractivity contribution in [3.63, 3.8) is 0 Å². The minimum Gasteiger partial charge on any atom is -0.377 e. The molecule has 9 nitrogen and oxygen atoms in total. The highest BCUT2D eigenvalue weighted by Crippen LogP contribution is 2.37. The molecule has 0 aliphatic carbocycles. The highest BCUT2D eigenvalue weighted by atomic mass is 35.5. The van der Waals surface area contributed by atoms with Gasteiger partial charge in [-0.2, -0.15) is 0 Å². The van der Waals surface area contributed by atoms with Crippen LogP contribution in [0.2, 0.25) is 0 Å². The van der Waals surface area contributed by atoms with E-state index in [9.17, 15) is 28.6 Å². The summed E-state index contributed by atoms with van der Waals surface area (Å²) in [6.07, 6.45) is 0. The predicted molar refractivity (Wildman–Crippen MR) is 67.2 cm³/mol. The molecule has 0 aliphatic heterocycles. The van der Waals surface area contributed by atoms with Gasteiger partial charge in [-0.3, -0.25) is 20.2 Å². The topological polar surface area (TPSA) is 132 Å². The minimum atomic E-state index is -4.01. The largest absolute Gasteiger partial charge is 0.377 e. The third-order valence-electron chi connectivity index (χ3n) is 2.22. The second-order valence-electron chi connectivity index (χ2n) is 3.32. The quantitative estimate of drug-likeness (QED) is 0.495. The van der Waals surface area contributed by atoms with Crippen molar-refractivity contribution in [2.45, 2.75) is 4.90 Å². The Bertz CT molecular complexity index is 609. The van der Waals surface area contributed by atoms with Crippen molar-refractivity contribution in [2.75, 3.05) is 17.6 Å². The Hall–Kier alpha value is -1.94. The standard InChI is InChI=1S/C8H8ClN3O6S/c1-10-8-6(11(13)14)2-5(19(17,18)4-9)3-7(8)12(15)16/h2-3,10H,4H2,1H3. The molecule has 0 spiro atoms. The number of alkyl halides is 1. The minimum absolute atomic E-state index is 0.372. The summed E-state index contributed by atoms with van der Waals surface area (Å²) in [5, 5.41) is 23.2. The fraction of sp³-hybridized carbons (Fsp3) is 0.250. The molecule has 1 aromatic rings. The van der Waals surface area contributed by atoms with E-state index in [2.05, 4.69) is 5.32 Å². The molecule has 0 aromatic heterocycles. The first-order valence-electron chi connectivity index (χ1n) is 4.68. The molecular formula is C8H8ClN3O6S. The van der Waals surface area contributed by atoms with Crippen LogP contribution in [0.1, 0.15) is 0 Å². The molecule has 0 unspecified atom stereocenters. The first kappa shape index (κ1) is 15.1. The molecule has 1 rings (SSSR count). The monoisotopic (exact) mass is 309 g/mol. The van der Waals surface area contributed by atoms with Gasteiger partial charge in [0.15, 0.2) is 15.5 Å². The summed E-state index contributed by atoms with van der Waals surface area (Å²) in [5.74, 6) is 0. The third-order valence-corrected chi connectivity index (χ3v) is 4.32. The van der Waals surface area contributed by atoms with Crippen molar-refractivity contribution in [3.8, 4) is 0 Å². The average molecular weight is 310 g/mol.